The van der Waals surface area contributed by atoms with Gasteiger partial charge in [-0.2, -0.15) is 19.6 Å². The fourth-order valence-electron chi connectivity index (χ4n) is 5.02. The number of piperidine rings is 1. The first-order valence-electron chi connectivity index (χ1n) is 13.4. The molecule has 38 heavy (non-hydrogen) atoms. The molecule has 0 radical (unpaired) electrons. The molecular formula is C30H33N7O. The van der Waals surface area contributed by atoms with E-state index in [1.54, 1.807) is 4.52 Å². The molecule has 0 atom stereocenters. The van der Waals surface area contributed by atoms with Gasteiger partial charge in [0.15, 0.2) is 5.65 Å². The Balaban J connectivity index is 1.29. The van der Waals surface area contributed by atoms with E-state index < -0.39 is 0 Å². The van der Waals surface area contributed by atoms with Crippen molar-refractivity contribution >= 4 is 22.5 Å². The van der Waals surface area contributed by atoms with E-state index in [1.807, 2.05) is 30.5 Å². The Morgan fingerprint density at radius 2 is 1.79 bits per heavy atom. The monoisotopic (exact) mass is 507 g/mol. The number of ether oxygens (including phenoxy) is 1. The number of rotatable bonds is 8. The lowest BCUT2D eigenvalue weighted by molar-refractivity contribution is 0.202. The molecule has 1 aliphatic rings. The Bertz CT molecular complexity index is 1560. The van der Waals surface area contributed by atoms with Crippen LogP contribution in [0.5, 0.6) is 6.01 Å². The molecule has 0 spiro atoms. The predicted molar refractivity (Wildman–Crippen MR) is 150 cm³/mol. The Labute approximate surface area is 222 Å². The van der Waals surface area contributed by atoms with Crippen molar-refractivity contribution in [2.45, 2.75) is 39.2 Å². The van der Waals surface area contributed by atoms with E-state index in [-0.39, 0.29) is 5.92 Å². The summed E-state index contributed by atoms with van der Waals surface area (Å²) in [6.07, 6.45) is 4.09. The second-order valence-electron chi connectivity index (χ2n) is 10.2. The van der Waals surface area contributed by atoms with Crippen LogP contribution >= 0.6 is 0 Å². The highest BCUT2D eigenvalue weighted by atomic mass is 16.5. The smallest absolute Gasteiger partial charge is 0.321 e. The van der Waals surface area contributed by atoms with Gasteiger partial charge in [-0.1, -0.05) is 62.4 Å². The summed E-state index contributed by atoms with van der Waals surface area (Å²) in [5, 5.41) is 12.7. The van der Waals surface area contributed by atoms with Gasteiger partial charge in [-0.15, -0.1) is 0 Å². The standard InChI is InChI=1S/C30H33N7O/c1-20(2)25-18-33-37-28(25)35-30(38-19-21-13-15-31-16-14-21)36-29(37)32-17-23-8-3-5-9-24(23)27-12-11-22-7-4-6-10-26(22)34-27/h3-12,18,20-21,31H,13-17,19H2,1-2H3,(H,32,35,36). The van der Waals surface area contributed by atoms with Gasteiger partial charge in [0, 0.05) is 23.1 Å². The van der Waals surface area contributed by atoms with Gasteiger partial charge in [0.2, 0.25) is 5.95 Å². The first kappa shape index (κ1) is 24.3. The van der Waals surface area contributed by atoms with Gasteiger partial charge >= 0.3 is 6.01 Å². The van der Waals surface area contributed by atoms with Crippen LogP contribution in [0.25, 0.3) is 27.8 Å². The second-order valence-corrected chi connectivity index (χ2v) is 10.2. The van der Waals surface area contributed by atoms with Gasteiger partial charge in [0.05, 0.1) is 24.0 Å². The first-order chi connectivity index (χ1) is 18.7. The molecule has 2 aromatic carbocycles. The van der Waals surface area contributed by atoms with Gasteiger partial charge in [0.25, 0.3) is 0 Å². The Hall–Kier alpha value is -4.04. The molecule has 5 aromatic rings. The van der Waals surface area contributed by atoms with Gasteiger partial charge in [-0.3, -0.25) is 0 Å². The van der Waals surface area contributed by atoms with Crippen molar-refractivity contribution in [3.05, 3.63) is 78.0 Å². The third-order valence-electron chi connectivity index (χ3n) is 7.23. The lowest BCUT2D eigenvalue weighted by atomic mass is 9.99. The average Bonchev–Trinajstić information content (AvgIpc) is 3.40. The number of anilines is 1. The quantitative estimate of drug-likeness (QED) is 0.289. The molecule has 4 heterocycles. The third kappa shape index (κ3) is 5.04. The zero-order valence-corrected chi connectivity index (χ0v) is 21.9. The summed E-state index contributed by atoms with van der Waals surface area (Å²) in [6, 6.07) is 21.1. The van der Waals surface area contributed by atoms with E-state index in [1.165, 1.54) is 0 Å². The lowest BCUT2D eigenvalue weighted by Gasteiger charge is -2.22. The molecule has 0 bridgehead atoms. The fraction of sp³-hybridized carbons (Fsp3) is 0.333. The molecule has 0 amide bonds. The van der Waals surface area contributed by atoms with Crippen molar-refractivity contribution in [3.8, 4) is 17.3 Å². The minimum absolute atomic E-state index is 0.284. The minimum atomic E-state index is 0.284. The molecule has 8 nitrogen and oxygen atoms in total. The van der Waals surface area contributed by atoms with Crippen LogP contribution < -0.4 is 15.4 Å². The summed E-state index contributed by atoms with van der Waals surface area (Å²) in [5.41, 5.74) is 5.99. The molecule has 1 aliphatic heterocycles. The van der Waals surface area contributed by atoms with Crippen molar-refractivity contribution in [1.29, 1.82) is 0 Å². The maximum absolute atomic E-state index is 6.14. The van der Waals surface area contributed by atoms with Crippen molar-refractivity contribution in [1.82, 2.24) is 29.9 Å². The SMILES string of the molecule is CC(C)c1cnn2c(NCc3ccccc3-c3ccc4ccccc4n3)nc(OCC3CCNCC3)nc12. The number of benzene rings is 2. The zero-order valence-electron chi connectivity index (χ0n) is 21.9. The van der Waals surface area contributed by atoms with Gasteiger partial charge < -0.3 is 15.4 Å². The number of pyridine rings is 1. The van der Waals surface area contributed by atoms with Crippen LogP contribution in [-0.4, -0.2) is 44.3 Å². The van der Waals surface area contributed by atoms with Gasteiger partial charge in [-0.25, -0.2) is 4.98 Å². The fourth-order valence-corrected chi connectivity index (χ4v) is 5.02. The number of aromatic nitrogens is 5. The van der Waals surface area contributed by atoms with E-state index in [4.69, 9.17) is 19.7 Å². The van der Waals surface area contributed by atoms with Crippen molar-refractivity contribution in [2.75, 3.05) is 25.0 Å². The Morgan fingerprint density at radius 3 is 2.66 bits per heavy atom. The molecule has 0 unspecified atom stereocenters. The van der Waals surface area contributed by atoms with Crippen LogP contribution in [0.1, 0.15) is 43.7 Å². The first-order valence-corrected chi connectivity index (χ1v) is 13.4. The zero-order chi connectivity index (χ0) is 25.9. The normalized spacial score (nSPS) is 14.4. The highest BCUT2D eigenvalue weighted by Crippen LogP contribution is 2.27. The molecule has 6 rings (SSSR count). The average molecular weight is 508 g/mol. The summed E-state index contributed by atoms with van der Waals surface area (Å²) < 4.78 is 7.92. The summed E-state index contributed by atoms with van der Waals surface area (Å²) in [6.45, 7) is 7.54. The molecule has 8 heteroatoms. The number of hydrogen-bond donors (Lipinski definition) is 2. The number of hydrogen-bond acceptors (Lipinski definition) is 7. The van der Waals surface area contributed by atoms with Crippen LogP contribution in [0.4, 0.5) is 5.95 Å². The number of para-hydroxylation sites is 1. The van der Waals surface area contributed by atoms with E-state index in [2.05, 4.69) is 66.0 Å². The predicted octanol–water partition coefficient (Wildman–Crippen LogP) is 5.45. The maximum atomic E-state index is 6.14. The van der Waals surface area contributed by atoms with Crippen LogP contribution in [0.15, 0.2) is 66.9 Å². The summed E-state index contributed by atoms with van der Waals surface area (Å²) in [7, 11) is 0. The van der Waals surface area contributed by atoms with E-state index in [9.17, 15) is 0 Å². The highest BCUT2D eigenvalue weighted by Gasteiger charge is 2.19. The largest absolute Gasteiger partial charge is 0.463 e. The van der Waals surface area contributed by atoms with Crippen molar-refractivity contribution in [3.63, 3.8) is 0 Å². The molecule has 1 fully saturated rings. The highest BCUT2D eigenvalue weighted by molar-refractivity contribution is 5.82. The van der Waals surface area contributed by atoms with Crippen LogP contribution in [0.2, 0.25) is 0 Å². The summed E-state index contributed by atoms with van der Waals surface area (Å²) in [5.74, 6) is 1.42. The molecule has 0 aliphatic carbocycles. The van der Waals surface area contributed by atoms with E-state index in [0.717, 1.165) is 64.9 Å². The van der Waals surface area contributed by atoms with Crippen LogP contribution in [-0.2, 0) is 6.54 Å². The molecule has 2 N–H and O–H groups in total. The van der Waals surface area contributed by atoms with Gasteiger partial charge in [-0.05, 0) is 55.5 Å². The molecule has 0 saturated carbocycles. The lowest BCUT2D eigenvalue weighted by Crippen LogP contribution is -2.30. The van der Waals surface area contributed by atoms with Crippen LogP contribution in [0.3, 0.4) is 0 Å². The van der Waals surface area contributed by atoms with Crippen LogP contribution in [0, 0.1) is 5.92 Å². The molecular weight excluding hydrogens is 474 g/mol. The molecule has 1 saturated heterocycles. The van der Waals surface area contributed by atoms with Crippen molar-refractivity contribution < 1.29 is 4.74 Å². The van der Waals surface area contributed by atoms with Gasteiger partial charge in [0.1, 0.15) is 0 Å². The molecule has 3 aromatic heterocycles. The Morgan fingerprint density at radius 1 is 0.974 bits per heavy atom. The Kier molecular flexibility index (Phi) is 6.88. The minimum Gasteiger partial charge on any atom is -0.463 e. The second kappa shape index (κ2) is 10.8. The number of nitrogens with zero attached hydrogens (tertiary/aromatic N) is 5. The number of nitrogens with one attached hydrogen (secondary N) is 2. The summed E-state index contributed by atoms with van der Waals surface area (Å²) in [4.78, 5) is 14.4. The van der Waals surface area contributed by atoms with Crippen molar-refractivity contribution in [2.24, 2.45) is 5.92 Å². The number of fused-ring (bicyclic) bond motifs is 2. The van der Waals surface area contributed by atoms with E-state index in [0.29, 0.717) is 31.0 Å². The third-order valence-corrected chi connectivity index (χ3v) is 7.23. The molecule has 194 valence electrons. The summed E-state index contributed by atoms with van der Waals surface area (Å²) >= 11 is 0. The maximum Gasteiger partial charge on any atom is 0.321 e. The van der Waals surface area contributed by atoms with E-state index >= 15 is 0 Å². The topological polar surface area (TPSA) is 89.3 Å².